The zero-order chi connectivity index (χ0) is 25.9. The minimum atomic E-state index is -1.00. The topological polar surface area (TPSA) is 107 Å². The third-order valence-electron chi connectivity index (χ3n) is 6.05. The lowest BCUT2D eigenvalue weighted by Gasteiger charge is -2.17. The molecule has 8 nitrogen and oxygen atoms in total. The molecule has 1 N–H and O–H groups in total. The van der Waals surface area contributed by atoms with E-state index < -0.39 is 18.0 Å². The second-order valence-electron chi connectivity index (χ2n) is 8.58. The first-order valence-electron chi connectivity index (χ1n) is 11.9. The van der Waals surface area contributed by atoms with E-state index in [1.165, 1.54) is 0 Å². The minimum absolute atomic E-state index is 0.253. The lowest BCUT2D eigenvalue weighted by atomic mass is 10.1. The van der Waals surface area contributed by atoms with Crippen molar-refractivity contribution >= 4 is 28.6 Å². The van der Waals surface area contributed by atoms with Crippen molar-refractivity contribution < 1.29 is 23.2 Å². The lowest BCUT2D eigenvalue weighted by Crippen LogP contribution is -2.30. The van der Waals surface area contributed by atoms with Crippen LogP contribution >= 0.6 is 0 Å². The van der Waals surface area contributed by atoms with E-state index in [2.05, 4.69) is 5.32 Å². The molecular formula is C29H25N3O5. The normalized spacial score (nSPS) is 11.9. The van der Waals surface area contributed by atoms with E-state index in [4.69, 9.17) is 23.5 Å². The van der Waals surface area contributed by atoms with Crippen LogP contribution in [0.25, 0.3) is 33.9 Å². The molecule has 186 valence electrons. The quantitative estimate of drug-likeness (QED) is 0.268. The van der Waals surface area contributed by atoms with E-state index in [0.29, 0.717) is 33.9 Å². The fourth-order valence-corrected chi connectivity index (χ4v) is 4.06. The summed E-state index contributed by atoms with van der Waals surface area (Å²) < 4.78 is 16.6. The summed E-state index contributed by atoms with van der Waals surface area (Å²) in [5.74, 6) is 0.0216. The number of nitrogens with one attached hydrogen (secondary N) is 1. The Kier molecular flexibility index (Phi) is 6.55. The van der Waals surface area contributed by atoms with Gasteiger partial charge in [0.1, 0.15) is 11.4 Å². The summed E-state index contributed by atoms with van der Waals surface area (Å²) in [7, 11) is 0. The lowest BCUT2D eigenvalue weighted by molar-refractivity contribution is -0.123. The first-order valence-corrected chi connectivity index (χ1v) is 11.9. The van der Waals surface area contributed by atoms with Gasteiger partial charge in [0.05, 0.1) is 29.1 Å². The number of rotatable bonds is 7. The molecule has 0 aliphatic heterocycles. The van der Waals surface area contributed by atoms with Gasteiger partial charge in [-0.25, -0.2) is 14.8 Å². The molecule has 3 aromatic heterocycles. The largest absolute Gasteiger partial charge is 0.463 e. The molecule has 1 unspecified atom stereocenters. The Morgan fingerprint density at radius 3 is 2.22 bits per heavy atom. The molecule has 37 heavy (non-hydrogen) atoms. The summed E-state index contributed by atoms with van der Waals surface area (Å²) in [5, 5.41) is 2.90. The minimum Gasteiger partial charge on any atom is -0.463 e. The van der Waals surface area contributed by atoms with Crippen molar-refractivity contribution in [3.63, 3.8) is 0 Å². The number of aryl methyl sites for hydroxylation is 2. The SMILES string of the molecule is CCc1cccc(C)c1NC(=O)C(C)OC(=O)c1ccc2nc(-c3ccco3)c(-c3ccco3)nc2c1. The molecule has 5 rings (SSSR count). The van der Waals surface area contributed by atoms with Gasteiger partial charge in [0, 0.05) is 5.69 Å². The van der Waals surface area contributed by atoms with Gasteiger partial charge in [-0.3, -0.25) is 4.79 Å². The fourth-order valence-electron chi connectivity index (χ4n) is 4.06. The Morgan fingerprint density at radius 2 is 1.59 bits per heavy atom. The molecule has 1 atom stereocenters. The van der Waals surface area contributed by atoms with Gasteiger partial charge in [-0.05, 0) is 73.9 Å². The maximum atomic E-state index is 12.9. The molecule has 0 radical (unpaired) electrons. The average Bonchev–Trinajstić information content (AvgIpc) is 3.63. The van der Waals surface area contributed by atoms with E-state index in [1.54, 1.807) is 61.9 Å². The van der Waals surface area contributed by atoms with E-state index in [0.717, 1.165) is 23.2 Å². The van der Waals surface area contributed by atoms with Crippen LogP contribution in [0.1, 0.15) is 35.3 Å². The number of hydrogen-bond acceptors (Lipinski definition) is 7. The molecule has 1 amide bonds. The number of fused-ring (bicyclic) bond motifs is 1. The van der Waals surface area contributed by atoms with Crippen LogP contribution in [0.4, 0.5) is 5.69 Å². The molecule has 0 bridgehead atoms. The molecule has 0 aliphatic rings. The molecule has 5 aromatic rings. The Hall–Kier alpha value is -4.72. The monoisotopic (exact) mass is 495 g/mol. The first kappa shape index (κ1) is 24.0. The van der Waals surface area contributed by atoms with Gasteiger partial charge in [0.15, 0.2) is 17.6 Å². The van der Waals surface area contributed by atoms with Gasteiger partial charge in [-0.1, -0.05) is 25.1 Å². The smallest absolute Gasteiger partial charge is 0.338 e. The molecule has 0 saturated carbocycles. The highest BCUT2D eigenvalue weighted by Gasteiger charge is 2.22. The average molecular weight is 496 g/mol. The van der Waals surface area contributed by atoms with Crippen LogP contribution < -0.4 is 5.32 Å². The third-order valence-corrected chi connectivity index (χ3v) is 6.05. The van der Waals surface area contributed by atoms with Gasteiger partial charge in [-0.15, -0.1) is 0 Å². The van der Waals surface area contributed by atoms with E-state index in [9.17, 15) is 9.59 Å². The molecule has 8 heteroatoms. The number of nitrogens with zero attached hydrogens (tertiary/aromatic N) is 2. The highest BCUT2D eigenvalue weighted by molar-refractivity contribution is 5.99. The van der Waals surface area contributed by atoms with Gasteiger partial charge in [0.25, 0.3) is 5.91 Å². The number of hydrogen-bond donors (Lipinski definition) is 1. The standard InChI is InChI=1S/C29H25N3O5/c1-4-19-9-5-8-17(2)25(19)32-28(33)18(3)37-29(34)20-12-13-21-22(16-20)31-27(24-11-7-15-36-24)26(30-21)23-10-6-14-35-23/h5-16,18H,4H2,1-3H3,(H,32,33). The zero-order valence-electron chi connectivity index (χ0n) is 20.6. The van der Waals surface area contributed by atoms with Crippen LogP contribution in [0.3, 0.4) is 0 Å². The van der Waals surface area contributed by atoms with E-state index >= 15 is 0 Å². The van der Waals surface area contributed by atoms with Crippen molar-refractivity contribution in [3.8, 4) is 22.9 Å². The summed E-state index contributed by atoms with van der Waals surface area (Å²) in [5.41, 5.74) is 5.00. The van der Waals surface area contributed by atoms with Crippen LogP contribution in [0.2, 0.25) is 0 Å². The second kappa shape index (κ2) is 10.1. The first-order chi connectivity index (χ1) is 17.9. The number of carbonyl (C=O) groups excluding carboxylic acids is 2. The molecule has 3 heterocycles. The predicted molar refractivity (Wildman–Crippen MR) is 139 cm³/mol. The van der Waals surface area contributed by atoms with E-state index in [-0.39, 0.29) is 5.56 Å². The molecule has 0 aliphatic carbocycles. The second-order valence-corrected chi connectivity index (χ2v) is 8.58. The van der Waals surface area contributed by atoms with Crippen LogP contribution in [-0.4, -0.2) is 27.9 Å². The Morgan fingerprint density at radius 1 is 0.919 bits per heavy atom. The number of carbonyl (C=O) groups is 2. The molecule has 0 saturated heterocycles. The number of benzene rings is 2. The fraction of sp³-hybridized carbons (Fsp3) is 0.172. The molecule has 2 aromatic carbocycles. The van der Waals surface area contributed by atoms with Crippen LogP contribution in [0, 0.1) is 6.92 Å². The summed E-state index contributed by atoms with van der Waals surface area (Å²) in [4.78, 5) is 35.2. The summed E-state index contributed by atoms with van der Waals surface area (Å²) in [6.45, 7) is 5.49. The van der Waals surface area contributed by atoms with Crippen LogP contribution in [0.15, 0.2) is 82.0 Å². The van der Waals surface area contributed by atoms with Crippen molar-refractivity contribution in [2.24, 2.45) is 0 Å². The Balaban J connectivity index is 1.39. The summed E-state index contributed by atoms with van der Waals surface area (Å²) in [6.07, 6.45) is 2.88. The maximum absolute atomic E-state index is 12.9. The summed E-state index contributed by atoms with van der Waals surface area (Å²) in [6, 6.07) is 17.8. The zero-order valence-corrected chi connectivity index (χ0v) is 20.6. The van der Waals surface area contributed by atoms with Crippen LogP contribution in [0.5, 0.6) is 0 Å². The van der Waals surface area contributed by atoms with Crippen molar-refractivity contribution in [2.75, 3.05) is 5.32 Å². The highest BCUT2D eigenvalue weighted by atomic mass is 16.5. The van der Waals surface area contributed by atoms with Crippen molar-refractivity contribution in [2.45, 2.75) is 33.3 Å². The van der Waals surface area contributed by atoms with Gasteiger partial charge >= 0.3 is 5.97 Å². The number of ether oxygens (including phenoxy) is 1. The van der Waals surface area contributed by atoms with Gasteiger partial charge in [0.2, 0.25) is 0 Å². The highest BCUT2D eigenvalue weighted by Crippen LogP contribution is 2.32. The van der Waals surface area contributed by atoms with Crippen molar-refractivity contribution in [1.82, 2.24) is 9.97 Å². The molecular weight excluding hydrogens is 470 g/mol. The predicted octanol–water partition coefficient (Wildman–Crippen LogP) is 6.20. The summed E-state index contributed by atoms with van der Waals surface area (Å²) >= 11 is 0. The van der Waals surface area contributed by atoms with Crippen molar-refractivity contribution in [3.05, 3.63) is 89.9 Å². The van der Waals surface area contributed by atoms with Gasteiger partial charge in [-0.2, -0.15) is 0 Å². The number of anilines is 1. The van der Waals surface area contributed by atoms with Crippen molar-refractivity contribution in [1.29, 1.82) is 0 Å². The number of para-hydroxylation sites is 1. The molecule has 0 fully saturated rings. The maximum Gasteiger partial charge on any atom is 0.338 e. The Labute approximate surface area is 213 Å². The number of furan rings is 2. The molecule has 0 spiro atoms. The third kappa shape index (κ3) is 4.86. The van der Waals surface area contributed by atoms with E-state index in [1.807, 2.05) is 32.0 Å². The van der Waals surface area contributed by atoms with Crippen LogP contribution in [-0.2, 0) is 16.0 Å². The number of esters is 1. The number of amides is 1. The number of aromatic nitrogens is 2. The Bertz CT molecular complexity index is 1570. The van der Waals surface area contributed by atoms with Gasteiger partial charge < -0.3 is 18.9 Å².